The summed E-state index contributed by atoms with van der Waals surface area (Å²) in [5, 5.41) is 2.36. The summed E-state index contributed by atoms with van der Waals surface area (Å²) in [6.45, 7) is 3.46. The zero-order valence-electron chi connectivity index (χ0n) is 15.1. The first-order valence-corrected chi connectivity index (χ1v) is 9.36. The normalized spacial score (nSPS) is 16.4. The SMILES string of the molecule is CCOC(=O)C(NC(=O)[C@H]1CC(=O)N(c2ccc(Br)cc2)C1)C(=O)OCC. The van der Waals surface area contributed by atoms with Crippen LogP contribution in [0, 0.1) is 5.92 Å². The zero-order chi connectivity index (χ0) is 20.0. The third-order valence-corrected chi connectivity index (χ3v) is 4.49. The molecule has 1 aliphatic rings. The van der Waals surface area contributed by atoms with E-state index in [1.165, 1.54) is 4.90 Å². The minimum atomic E-state index is -1.55. The van der Waals surface area contributed by atoms with Crippen molar-refractivity contribution < 1.29 is 28.7 Å². The van der Waals surface area contributed by atoms with Gasteiger partial charge in [-0.15, -0.1) is 0 Å². The molecule has 0 spiro atoms. The van der Waals surface area contributed by atoms with Crippen molar-refractivity contribution in [2.45, 2.75) is 26.3 Å². The molecule has 0 radical (unpaired) electrons. The second-order valence-electron chi connectivity index (χ2n) is 5.83. The van der Waals surface area contributed by atoms with Crippen molar-refractivity contribution in [1.29, 1.82) is 0 Å². The summed E-state index contributed by atoms with van der Waals surface area (Å²) in [6.07, 6.45) is -0.0136. The van der Waals surface area contributed by atoms with Crippen LogP contribution in [-0.4, -0.2) is 49.6 Å². The number of hydrogen-bond donors (Lipinski definition) is 1. The molecule has 0 aromatic heterocycles. The topological polar surface area (TPSA) is 102 Å². The molecule has 1 saturated heterocycles. The Kier molecular flexibility index (Phi) is 7.35. The fourth-order valence-electron chi connectivity index (χ4n) is 2.68. The van der Waals surface area contributed by atoms with Crippen LogP contribution in [0.3, 0.4) is 0 Å². The second kappa shape index (κ2) is 9.50. The quantitative estimate of drug-likeness (QED) is 0.507. The standard InChI is InChI=1S/C18H21BrN2O6/c1-3-26-17(24)15(18(25)27-4-2)20-16(23)11-9-14(22)21(10-11)13-7-5-12(19)6-8-13/h5-8,11,15H,3-4,9-10H2,1-2H3,(H,20,23)/t11-/m0/s1. The van der Waals surface area contributed by atoms with Crippen LogP contribution >= 0.6 is 15.9 Å². The highest BCUT2D eigenvalue weighted by molar-refractivity contribution is 9.10. The van der Waals surface area contributed by atoms with Gasteiger partial charge in [-0.05, 0) is 38.1 Å². The molecule has 8 nitrogen and oxygen atoms in total. The number of rotatable bonds is 7. The third kappa shape index (κ3) is 5.29. The molecule has 0 aliphatic carbocycles. The van der Waals surface area contributed by atoms with Crippen LogP contribution in [0.25, 0.3) is 0 Å². The van der Waals surface area contributed by atoms with Crippen molar-refractivity contribution in [2.75, 3.05) is 24.7 Å². The highest BCUT2D eigenvalue weighted by Gasteiger charge is 2.39. The molecule has 1 aromatic rings. The van der Waals surface area contributed by atoms with Crippen LogP contribution in [0.15, 0.2) is 28.7 Å². The summed E-state index contributed by atoms with van der Waals surface area (Å²) < 4.78 is 10.5. The lowest BCUT2D eigenvalue weighted by molar-refractivity contribution is -0.159. The molecule has 1 aliphatic heterocycles. The van der Waals surface area contributed by atoms with Crippen LogP contribution in [0.1, 0.15) is 20.3 Å². The number of anilines is 1. The fraction of sp³-hybridized carbons (Fsp3) is 0.444. The zero-order valence-corrected chi connectivity index (χ0v) is 16.7. The first-order chi connectivity index (χ1) is 12.9. The third-order valence-electron chi connectivity index (χ3n) is 3.97. The Morgan fingerprint density at radius 1 is 1.15 bits per heavy atom. The highest BCUT2D eigenvalue weighted by atomic mass is 79.9. The Hall–Kier alpha value is -2.42. The molecule has 1 aromatic carbocycles. The Morgan fingerprint density at radius 3 is 2.22 bits per heavy atom. The van der Waals surface area contributed by atoms with Crippen LogP contribution in [-0.2, 0) is 28.7 Å². The van der Waals surface area contributed by atoms with Crippen molar-refractivity contribution >= 4 is 45.4 Å². The molecule has 0 unspecified atom stereocenters. The maximum absolute atomic E-state index is 12.5. The molecule has 1 atom stereocenters. The van der Waals surface area contributed by atoms with Gasteiger partial charge < -0.3 is 19.7 Å². The van der Waals surface area contributed by atoms with E-state index in [1.54, 1.807) is 38.1 Å². The lowest BCUT2D eigenvalue weighted by Crippen LogP contribution is -2.50. The van der Waals surface area contributed by atoms with E-state index in [9.17, 15) is 19.2 Å². The number of halogens is 1. The van der Waals surface area contributed by atoms with Gasteiger partial charge in [-0.3, -0.25) is 9.59 Å². The number of esters is 2. The number of amides is 2. The summed E-state index contributed by atoms with van der Waals surface area (Å²) in [6, 6.07) is 5.58. The molecular weight excluding hydrogens is 420 g/mol. The van der Waals surface area contributed by atoms with E-state index in [0.29, 0.717) is 5.69 Å². The highest BCUT2D eigenvalue weighted by Crippen LogP contribution is 2.26. The van der Waals surface area contributed by atoms with Crippen LogP contribution in [0.5, 0.6) is 0 Å². The lowest BCUT2D eigenvalue weighted by Gasteiger charge is -2.19. The van der Waals surface area contributed by atoms with Crippen molar-refractivity contribution in [3.63, 3.8) is 0 Å². The smallest absolute Gasteiger partial charge is 0.340 e. The number of carbonyl (C=O) groups excluding carboxylic acids is 4. The van der Waals surface area contributed by atoms with Gasteiger partial charge in [0.1, 0.15) is 0 Å². The van der Waals surface area contributed by atoms with Gasteiger partial charge in [-0.2, -0.15) is 0 Å². The summed E-state index contributed by atoms with van der Waals surface area (Å²) in [5.41, 5.74) is 0.672. The molecule has 1 N–H and O–H groups in total. The predicted octanol–water partition coefficient (Wildman–Crippen LogP) is 1.41. The molecule has 146 valence electrons. The number of hydrogen-bond acceptors (Lipinski definition) is 6. The first kappa shape index (κ1) is 20.9. The fourth-order valence-corrected chi connectivity index (χ4v) is 2.94. The maximum Gasteiger partial charge on any atom is 0.340 e. The van der Waals surface area contributed by atoms with E-state index < -0.39 is 29.8 Å². The number of carbonyl (C=O) groups is 4. The summed E-state index contributed by atoms with van der Waals surface area (Å²) in [7, 11) is 0. The summed E-state index contributed by atoms with van der Waals surface area (Å²) in [5.74, 6) is -3.25. The number of nitrogens with one attached hydrogen (secondary N) is 1. The van der Waals surface area contributed by atoms with Crippen molar-refractivity contribution in [1.82, 2.24) is 5.32 Å². The van der Waals surface area contributed by atoms with Crippen LogP contribution in [0.2, 0.25) is 0 Å². The van der Waals surface area contributed by atoms with Crippen LogP contribution < -0.4 is 10.2 Å². The predicted molar refractivity (Wildman–Crippen MR) is 99.8 cm³/mol. The Morgan fingerprint density at radius 2 is 1.70 bits per heavy atom. The monoisotopic (exact) mass is 440 g/mol. The Bertz CT molecular complexity index is 703. The molecule has 2 rings (SSSR count). The minimum absolute atomic E-state index is 0.0136. The van der Waals surface area contributed by atoms with Crippen LogP contribution in [0.4, 0.5) is 5.69 Å². The molecule has 2 amide bonds. The van der Waals surface area contributed by atoms with Gasteiger partial charge in [0.05, 0.1) is 19.1 Å². The van der Waals surface area contributed by atoms with E-state index in [-0.39, 0.29) is 32.1 Å². The average Bonchev–Trinajstić information content (AvgIpc) is 3.02. The molecule has 0 bridgehead atoms. The van der Waals surface area contributed by atoms with Gasteiger partial charge in [0.15, 0.2) is 0 Å². The molecule has 9 heteroatoms. The lowest BCUT2D eigenvalue weighted by atomic mass is 10.1. The molecule has 1 fully saturated rings. The molecule has 1 heterocycles. The average molecular weight is 441 g/mol. The molecular formula is C18H21BrN2O6. The minimum Gasteiger partial charge on any atom is -0.464 e. The van der Waals surface area contributed by atoms with Gasteiger partial charge in [0.2, 0.25) is 17.9 Å². The van der Waals surface area contributed by atoms with Crippen molar-refractivity contribution in [3.8, 4) is 0 Å². The Labute approximate surface area is 165 Å². The van der Waals surface area contributed by atoms with E-state index in [4.69, 9.17) is 9.47 Å². The Balaban J connectivity index is 2.07. The first-order valence-electron chi connectivity index (χ1n) is 8.56. The van der Waals surface area contributed by atoms with E-state index >= 15 is 0 Å². The van der Waals surface area contributed by atoms with Gasteiger partial charge in [0, 0.05) is 23.1 Å². The van der Waals surface area contributed by atoms with Gasteiger partial charge >= 0.3 is 11.9 Å². The van der Waals surface area contributed by atoms with E-state index in [0.717, 1.165) is 4.47 Å². The largest absolute Gasteiger partial charge is 0.464 e. The van der Waals surface area contributed by atoms with Crippen molar-refractivity contribution in [3.05, 3.63) is 28.7 Å². The van der Waals surface area contributed by atoms with Gasteiger partial charge in [-0.1, -0.05) is 15.9 Å². The number of benzene rings is 1. The van der Waals surface area contributed by atoms with Gasteiger partial charge in [0.25, 0.3) is 0 Å². The second-order valence-corrected chi connectivity index (χ2v) is 6.74. The van der Waals surface area contributed by atoms with E-state index in [2.05, 4.69) is 21.2 Å². The van der Waals surface area contributed by atoms with E-state index in [1.807, 2.05) is 0 Å². The maximum atomic E-state index is 12.5. The van der Waals surface area contributed by atoms with Gasteiger partial charge in [-0.25, -0.2) is 9.59 Å². The molecule has 0 saturated carbocycles. The number of ether oxygens (including phenoxy) is 2. The van der Waals surface area contributed by atoms with Crippen molar-refractivity contribution in [2.24, 2.45) is 5.92 Å². The molecule has 27 heavy (non-hydrogen) atoms. The summed E-state index contributed by atoms with van der Waals surface area (Å²) in [4.78, 5) is 50.3. The summed E-state index contributed by atoms with van der Waals surface area (Å²) >= 11 is 3.33. The number of nitrogens with zero attached hydrogens (tertiary/aromatic N) is 1.